The van der Waals surface area contributed by atoms with E-state index < -0.39 is 41.7 Å². The predicted octanol–water partition coefficient (Wildman–Crippen LogP) is 5.72. The smallest absolute Gasteiger partial charge is 0.443 e. The van der Waals surface area contributed by atoms with E-state index >= 15 is 0 Å². The van der Waals surface area contributed by atoms with Crippen LogP contribution in [-0.4, -0.2) is 65.3 Å². The van der Waals surface area contributed by atoms with Gasteiger partial charge in [0.2, 0.25) is 0 Å². The first-order chi connectivity index (χ1) is 18.3. The van der Waals surface area contributed by atoms with Gasteiger partial charge >= 0.3 is 19.3 Å². The molecule has 3 rings (SSSR count). The van der Waals surface area contributed by atoms with E-state index in [9.17, 15) is 9.59 Å². The number of hydrogen-bond donors (Lipinski definition) is 0. The summed E-state index contributed by atoms with van der Waals surface area (Å²) in [6.45, 7) is 17.1. The van der Waals surface area contributed by atoms with Crippen LogP contribution < -0.4 is 15.3 Å². The van der Waals surface area contributed by atoms with Gasteiger partial charge in [-0.2, -0.15) is 0 Å². The van der Waals surface area contributed by atoms with Crippen LogP contribution in [0.5, 0.6) is 0 Å². The van der Waals surface area contributed by atoms with Gasteiger partial charge < -0.3 is 18.8 Å². The fourth-order valence-corrected chi connectivity index (χ4v) is 4.15. The second-order valence-corrected chi connectivity index (χ2v) is 13.4. The number of ether oxygens (including phenoxy) is 2. The molecular formula is C28H40BBrN4O6. The number of rotatable bonds is 6. The van der Waals surface area contributed by atoms with Gasteiger partial charge in [0.15, 0.2) is 0 Å². The maximum Gasteiger partial charge on any atom is 0.496 e. The number of carbonyl (C=O) groups excluding carboxylic acids is 2. The molecule has 1 unspecified atom stereocenters. The number of carbonyl (C=O) groups is 2. The molecule has 0 N–H and O–H groups in total. The van der Waals surface area contributed by atoms with Crippen molar-refractivity contribution in [2.75, 3.05) is 23.4 Å². The summed E-state index contributed by atoms with van der Waals surface area (Å²) in [7, 11) is 0.921. The molecule has 0 aliphatic carbocycles. The molecule has 1 fully saturated rings. The maximum absolute atomic E-state index is 13.1. The van der Waals surface area contributed by atoms with Gasteiger partial charge in [-0.1, -0.05) is 6.07 Å². The number of anilines is 2. The highest BCUT2D eigenvalue weighted by atomic mass is 79.9. The molecule has 0 spiro atoms. The molecule has 0 aromatic carbocycles. The highest BCUT2D eigenvalue weighted by Crippen LogP contribution is 2.40. The fraction of sp³-hybridized carbons (Fsp3) is 0.571. The summed E-state index contributed by atoms with van der Waals surface area (Å²) in [4.78, 5) is 37.3. The summed E-state index contributed by atoms with van der Waals surface area (Å²) >= 11 is 3.39. The van der Waals surface area contributed by atoms with Gasteiger partial charge in [0.1, 0.15) is 22.8 Å². The summed E-state index contributed by atoms with van der Waals surface area (Å²) < 4.78 is 24.7. The van der Waals surface area contributed by atoms with Crippen LogP contribution in [0.2, 0.25) is 0 Å². The van der Waals surface area contributed by atoms with Crippen molar-refractivity contribution in [2.45, 2.75) is 91.1 Å². The molecule has 0 bridgehead atoms. The summed E-state index contributed by atoms with van der Waals surface area (Å²) in [6.07, 6.45) is 2.72. The monoisotopic (exact) mass is 618 g/mol. The van der Waals surface area contributed by atoms with Crippen molar-refractivity contribution in [3.05, 3.63) is 41.1 Å². The summed E-state index contributed by atoms with van der Waals surface area (Å²) in [5.41, 5.74) is -2.03. The van der Waals surface area contributed by atoms with Crippen LogP contribution in [0.3, 0.4) is 0 Å². The summed E-state index contributed by atoms with van der Waals surface area (Å²) in [5, 5.41) is 0. The molecule has 1 saturated heterocycles. The molecule has 2 amide bonds. The van der Waals surface area contributed by atoms with Crippen LogP contribution in [0, 0.1) is 0 Å². The van der Waals surface area contributed by atoms with Gasteiger partial charge in [0.25, 0.3) is 0 Å². The van der Waals surface area contributed by atoms with E-state index in [0.29, 0.717) is 23.5 Å². The minimum Gasteiger partial charge on any atom is -0.443 e. The minimum absolute atomic E-state index is 0.289. The first-order valence-corrected chi connectivity index (χ1v) is 14.0. The van der Waals surface area contributed by atoms with Crippen LogP contribution in [0.15, 0.2) is 41.1 Å². The number of amides is 2. The highest BCUT2D eigenvalue weighted by Gasteiger charge is 2.54. The molecule has 40 heavy (non-hydrogen) atoms. The van der Waals surface area contributed by atoms with E-state index in [1.807, 2.05) is 74.4 Å². The molecule has 2 aromatic rings. The van der Waals surface area contributed by atoms with Crippen molar-refractivity contribution >= 4 is 52.3 Å². The van der Waals surface area contributed by atoms with E-state index in [-0.39, 0.29) is 6.54 Å². The van der Waals surface area contributed by atoms with Crippen LogP contribution >= 0.6 is 15.9 Å². The van der Waals surface area contributed by atoms with Gasteiger partial charge in [0.05, 0.1) is 11.2 Å². The highest BCUT2D eigenvalue weighted by molar-refractivity contribution is 9.10. The number of nitrogens with zero attached hydrogens (tertiary/aromatic N) is 4. The van der Waals surface area contributed by atoms with Crippen molar-refractivity contribution in [2.24, 2.45) is 0 Å². The van der Waals surface area contributed by atoms with Gasteiger partial charge in [-0.25, -0.2) is 19.6 Å². The van der Waals surface area contributed by atoms with E-state index in [0.717, 1.165) is 4.47 Å². The lowest BCUT2D eigenvalue weighted by Crippen LogP contribution is -2.48. The first-order valence-electron chi connectivity index (χ1n) is 13.2. The number of aromatic nitrogens is 2. The quantitative estimate of drug-likeness (QED) is 0.379. The van der Waals surface area contributed by atoms with Gasteiger partial charge in [-0.3, -0.25) is 9.80 Å². The van der Waals surface area contributed by atoms with E-state index in [4.69, 9.17) is 18.8 Å². The second-order valence-electron chi connectivity index (χ2n) is 12.5. The normalized spacial score (nSPS) is 18.8. The van der Waals surface area contributed by atoms with Crippen molar-refractivity contribution in [3.8, 4) is 0 Å². The van der Waals surface area contributed by atoms with E-state index in [2.05, 4.69) is 25.9 Å². The summed E-state index contributed by atoms with van der Waals surface area (Å²) in [6, 6.07) is 7.12. The zero-order chi connectivity index (χ0) is 30.1. The third kappa shape index (κ3) is 7.95. The maximum atomic E-state index is 13.1. The third-order valence-corrected chi connectivity index (χ3v) is 6.98. The Morgan fingerprint density at radius 1 is 0.900 bits per heavy atom. The van der Waals surface area contributed by atoms with Crippen LogP contribution in [0.25, 0.3) is 0 Å². The summed E-state index contributed by atoms with van der Waals surface area (Å²) in [5.74, 6) is 0.913. The third-order valence-electron chi connectivity index (χ3n) is 6.51. The Morgan fingerprint density at radius 3 is 2.00 bits per heavy atom. The topological polar surface area (TPSA) is 103 Å². The zero-order valence-electron chi connectivity index (χ0n) is 25.1. The minimum atomic E-state index is -0.765. The number of pyridine rings is 2. The van der Waals surface area contributed by atoms with E-state index in [1.165, 1.54) is 9.80 Å². The molecule has 0 saturated carbocycles. The molecule has 0 radical (unpaired) electrons. The molecule has 218 valence electrons. The zero-order valence-corrected chi connectivity index (χ0v) is 26.7. The molecule has 12 heteroatoms. The average molecular weight is 619 g/mol. The lowest BCUT2D eigenvalue weighted by molar-refractivity contribution is -0.0144. The largest absolute Gasteiger partial charge is 0.496 e. The van der Waals surface area contributed by atoms with Crippen molar-refractivity contribution in [1.82, 2.24) is 9.97 Å². The Kier molecular flexibility index (Phi) is 9.28. The molecule has 1 aliphatic rings. The second kappa shape index (κ2) is 11.7. The van der Waals surface area contributed by atoms with Crippen molar-refractivity contribution in [1.29, 1.82) is 0 Å². The van der Waals surface area contributed by atoms with Crippen LogP contribution in [0.1, 0.15) is 68.7 Å². The van der Waals surface area contributed by atoms with Crippen LogP contribution in [0.4, 0.5) is 21.2 Å². The molecular weight excluding hydrogens is 579 g/mol. The molecule has 3 heterocycles. The fourth-order valence-electron chi connectivity index (χ4n) is 3.92. The Morgan fingerprint density at radius 2 is 1.48 bits per heavy atom. The van der Waals surface area contributed by atoms with Crippen LogP contribution in [-0.2, 0) is 18.8 Å². The first kappa shape index (κ1) is 31.8. The molecule has 1 aliphatic heterocycles. The molecule has 1 atom stereocenters. The lowest BCUT2D eigenvalue weighted by atomic mass is 9.80. The predicted molar refractivity (Wildman–Crippen MR) is 159 cm³/mol. The average Bonchev–Trinajstić information content (AvgIpc) is 3.06. The van der Waals surface area contributed by atoms with Crippen molar-refractivity contribution in [3.63, 3.8) is 0 Å². The Bertz CT molecular complexity index is 1200. The Balaban J connectivity index is 1.76. The Hall–Kier alpha value is -2.70. The molecule has 2 aromatic heterocycles. The number of hydrogen-bond acceptors (Lipinski definition) is 8. The van der Waals surface area contributed by atoms with E-state index in [1.54, 1.807) is 31.6 Å². The van der Waals surface area contributed by atoms with Crippen molar-refractivity contribution < 1.29 is 28.4 Å². The lowest BCUT2D eigenvalue weighted by Gasteiger charge is -2.38. The molecule has 10 nitrogen and oxygen atoms in total. The number of halogens is 1. The van der Waals surface area contributed by atoms with Gasteiger partial charge in [-0.05, 0) is 103 Å². The van der Waals surface area contributed by atoms with Gasteiger partial charge in [0, 0.05) is 35.9 Å². The SMILES string of the molecule is CN(C(=O)OC(C)(C)C)c1ccc(B2OC(C)(C)C(C)(CCN(C(=O)OC(C)(C)C)c3ccc(Br)cn3)O2)cn1. The Labute approximate surface area is 246 Å². The van der Waals surface area contributed by atoms with Gasteiger partial charge in [-0.15, -0.1) is 0 Å². The standard InChI is InChI=1S/C28H40BBrN4O6/c1-25(2,3)37-23(35)33(10)21-13-11-19(17-31-21)29-39-27(7,8)28(9,40-29)15-16-34(24(36)38-26(4,5)6)22-14-12-20(30)18-32-22/h11-14,17-18H,15-16H2,1-10H3.